The van der Waals surface area contributed by atoms with E-state index in [-0.39, 0.29) is 17.4 Å². The van der Waals surface area contributed by atoms with Crippen LogP contribution in [0.15, 0.2) is 0 Å². The first kappa shape index (κ1) is 19.3. The van der Waals surface area contributed by atoms with Crippen LogP contribution in [-0.4, -0.2) is 41.0 Å². The molecular formula is C26H41NO2. The Morgan fingerprint density at radius 2 is 1.79 bits per heavy atom. The summed E-state index contributed by atoms with van der Waals surface area (Å²) in [6.45, 7) is 7.57. The predicted octanol–water partition coefficient (Wildman–Crippen LogP) is 4.53. The largest absolute Gasteiger partial charge is 0.393 e. The van der Waals surface area contributed by atoms with Crippen LogP contribution in [0.25, 0.3) is 0 Å². The smallest absolute Gasteiger partial charge is 0.136 e. The lowest BCUT2D eigenvalue weighted by molar-refractivity contribution is -0.145. The minimum atomic E-state index is -0.238. The van der Waals surface area contributed by atoms with E-state index in [4.69, 9.17) is 0 Å². The molecule has 6 fully saturated rings. The lowest BCUT2D eigenvalue weighted by atomic mass is 9.51. The highest BCUT2D eigenvalue weighted by Gasteiger charge is 2.62. The predicted molar refractivity (Wildman–Crippen MR) is 114 cm³/mol. The molecule has 0 spiro atoms. The van der Waals surface area contributed by atoms with Crippen molar-refractivity contribution in [1.82, 2.24) is 4.90 Å². The lowest BCUT2D eigenvalue weighted by Gasteiger charge is -2.53. The van der Waals surface area contributed by atoms with E-state index in [9.17, 15) is 9.90 Å². The number of hydrogen-bond acceptors (Lipinski definition) is 3. The molecule has 6 rings (SSSR count). The van der Waals surface area contributed by atoms with E-state index in [1.807, 2.05) is 0 Å². The number of piperidine rings is 2. The maximum Gasteiger partial charge on any atom is 0.136 e. The van der Waals surface area contributed by atoms with Crippen molar-refractivity contribution in [3.05, 3.63) is 0 Å². The van der Waals surface area contributed by atoms with Gasteiger partial charge in [-0.3, -0.25) is 9.69 Å². The molecule has 2 heterocycles. The van der Waals surface area contributed by atoms with Crippen molar-refractivity contribution in [2.24, 2.45) is 52.8 Å². The molecule has 0 bridgehead atoms. The number of ketones is 1. The van der Waals surface area contributed by atoms with Crippen LogP contribution in [0.1, 0.15) is 78.1 Å². The molecule has 29 heavy (non-hydrogen) atoms. The first-order chi connectivity index (χ1) is 13.9. The van der Waals surface area contributed by atoms with Gasteiger partial charge in [0.2, 0.25) is 0 Å². The van der Waals surface area contributed by atoms with Crippen molar-refractivity contribution in [1.29, 1.82) is 0 Å². The normalized spacial score (nSPS) is 57.3. The molecule has 1 N–H and O–H groups in total. The third-order valence-electron chi connectivity index (χ3n) is 11.2. The monoisotopic (exact) mass is 399 g/mol. The minimum absolute atomic E-state index is 0.141. The van der Waals surface area contributed by atoms with Gasteiger partial charge in [-0.25, -0.2) is 0 Å². The molecule has 2 aliphatic heterocycles. The molecule has 2 saturated heterocycles. The number of aliphatic hydroxyl groups excluding tert-OH is 1. The fourth-order valence-corrected chi connectivity index (χ4v) is 9.82. The van der Waals surface area contributed by atoms with Crippen LogP contribution >= 0.6 is 0 Å². The fraction of sp³-hybridized carbons (Fsp3) is 0.962. The number of carbonyl (C=O) groups excluding carboxylic acids is 1. The van der Waals surface area contributed by atoms with Gasteiger partial charge < -0.3 is 5.11 Å². The summed E-state index contributed by atoms with van der Waals surface area (Å²) < 4.78 is 0. The Labute approximate surface area is 177 Å². The molecule has 6 aliphatic rings. The number of Topliss-reactive ketones (excluding diaryl/α,β-unsaturated/α-hetero) is 1. The van der Waals surface area contributed by atoms with Gasteiger partial charge in [-0.05, 0) is 105 Å². The van der Waals surface area contributed by atoms with Crippen LogP contribution in [0.3, 0.4) is 0 Å². The molecule has 11 atom stereocenters. The summed E-state index contributed by atoms with van der Waals surface area (Å²) >= 11 is 0. The summed E-state index contributed by atoms with van der Waals surface area (Å²) in [4.78, 5) is 16.1. The summed E-state index contributed by atoms with van der Waals surface area (Å²) in [7, 11) is 0. The number of carbonyl (C=O) groups is 1. The lowest BCUT2D eigenvalue weighted by Crippen LogP contribution is -2.54. The van der Waals surface area contributed by atoms with Gasteiger partial charge in [-0.2, -0.15) is 0 Å². The zero-order valence-corrected chi connectivity index (χ0v) is 18.6. The molecule has 4 aliphatic carbocycles. The maximum atomic E-state index is 13.2. The van der Waals surface area contributed by atoms with Crippen LogP contribution in [0.2, 0.25) is 0 Å². The highest BCUT2D eigenvalue weighted by atomic mass is 16.3. The third kappa shape index (κ3) is 2.85. The van der Waals surface area contributed by atoms with Gasteiger partial charge in [0.05, 0.1) is 6.10 Å². The summed E-state index contributed by atoms with van der Waals surface area (Å²) in [5.41, 5.74) is 0.170. The Morgan fingerprint density at radius 1 is 0.931 bits per heavy atom. The van der Waals surface area contributed by atoms with E-state index in [2.05, 4.69) is 18.7 Å². The first-order valence-corrected chi connectivity index (χ1v) is 12.9. The van der Waals surface area contributed by atoms with Crippen molar-refractivity contribution in [2.45, 2.75) is 90.2 Å². The van der Waals surface area contributed by atoms with Gasteiger partial charge >= 0.3 is 0 Å². The second-order valence-electron chi connectivity index (χ2n) is 12.5. The number of rotatable bonds is 0. The molecule has 0 amide bonds. The van der Waals surface area contributed by atoms with Crippen molar-refractivity contribution in [2.75, 3.05) is 13.1 Å². The molecular weight excluding hydrogens is 358 g/mol. The Bertz CT molecular complexity index is 678. The molecule has 3 nitrogen and oxygen atoms in total. The van der Waals surface area contributed by atoms with Gasteiger partial charge in [0.25, 0.3) is 0 Å². The molecule has 3 heteroatoms. The Morgan fingerprint density at radius 3 is 2.66 bits per heavy atom. The maximum absolute atomic E-state index is 13.2. The van der Waals surface area contributed by atoms with Gasteiger partial charge in [0.15, 0.2) is 0 Å². The first-order valence-electron chi connectivity index (χ1n) is 12.9. The van der Waals surface area contributed by atoms with Crippen molar-refractivity contribution in [3.8, 4) is 0 Å². The summed E-state index contributed by atoms with van der Waals surface area (Å²) in [6.07, 6.45) is 11.9. The fourth-order valence-electron chi connectivity index (χ4n) is 9.82. The van der Waals surface area contributed by atoms with E-state index >= 15 is 0 Å². The molecule has 0 aromatic heterocycles. The highest BCUT2D eigenvalue weighted by molar-refractivity contribution is 5.83. The average Bonchev–Trinajstić information content (AvgIpc) is 3.08. The Balaban J connectivity index is 1.27. The van der Waals surface area contributed by atoms with Gasteiger partial charge in [0.1, 0.15) is 5.78 Å². The number of aliphatic hydroxyl groups is 1. The van der Waals surface area contributed by atoms with Crippen molar-refractivity contribution >= 4 is 5.78 Å². The van der Waals surface area contributed by atoms with Gasteiger partial charge in [0, 0.05) is 31.5 Å². The van der Waals surface area contributed by atoms with E-state index in [1.165, 1.54) is 51.6 Å². The number of nitrogens with zero attached hydrogens (tertiary/aromatic N) is 1. The second-order valence-corrected chi connectivity index (χ2v) is 12.5. The topological polar surface area (TPSA) is 40.5 Å². The van der Waals surface area contributed by atoms with Crippen LogP contribution < -0.4 is 0 Å². The summed E-state index contributed by atoms with van der Waals surface area (Å²) in [5.74, 6) is 6.45. The van der Waals surface area contributed by atoms with E-state index in [0.29, 0.717) is 11.7 Å². The zero-order chi connectivity index (χ0) is 19.9. The summed E-state index contributed by atoms with van der Waals surface area (Å²) in [6, 6.07) is 0.871. The van der Waals surface area contributed by atoms with Gasteiger partial charge in [-0.15, -0.1) is 0 Å². The minimum Gasteiger partial charge on any atom is -0.393 e. The zero-order valence-electron chi connectivity index (χ0n) is 18.6. The molecule has 0 unspecified atom stereocenters. The highest BCUT2D eigenvalue weighted by Crippen LogP contribution is 2.65. The average molecular weight is 400 g/mol. The molecule has 0 aromatic rings. The van der Waals surface area contributed by atoms with Crippen LogP contribution in [-0.2, 0) is 4.79 Å². The van der Waals surface area contributed by atoms with Crippen LogP contribution in [0.5, 0.6) is 0 Å². The van der Waals surface area contributed by atoms with Crippen molar-refractivity contribution in [3.63, 3.8) is 0 Å². The van der Waals surface area contributed by atoms with Crippen LogP contribution in [0, 0.1) is 52.8 Å². The number of hydrogen-bond donors (Lipinski definition) is 1. The third-order valence-corrected chi connectivity index (χ3v) is 11.2. The Hall–Kier alpha value is -0.410. The standard InChI is InChI=1S/C26H41NO2/c1-15-3-5-17-9-16-4-6-19-20(22(16)14-27(17)13-15)11-23-21(19)12-25(29)24-10-18(28)7-8-26(23,24)2/h15-24,28H,3-14H2,1-2H3/t15-,16+,17-,18-,19+,20+,21-,22+,23-,24+,26+/m1/s1. The van der Waals surface area contributed by atoms with Crippen molar-refractivity contribution < 1.29 is 9.90 Å². The Kier molecular flexibility index (Phi) is 4.52. The summed E-state index contributed by atoms with van der Waals surface area (Å²) in [5, 5.41) is 10.3. The van der Waals surface area contributed by atoms with Gasteiger partial charge in [-0.1, -0.05) is 13.8 Å². The molecule has 0 radical (unpaired) electrons. The SMILES string of the molecule is C[C@@H]1CC[C@@H]2C[C@@H]3CC[C@H]4[C@H](C[C@@H]5[C@@H]4CC(=O)[C@@H]4C[C@H](O)CC[C@@]54C)[C@H]3CN2C1. The van der Waals surface area contributed by atoms with E-state index in [0.717, 1.165) is 67.2 Å². The molecule has 0 aromatic carbocycles. The van der Waals surface area contributed by atoms with Crippen LogP contribution in [0.4, 0.5) is 0 Å². The van der Waals surface area contributed by atoms with E-state index in [1.54, 1.807) is 0 Å². The quantitative estimate of drug-likeness (QED) is 0.651. The number of fused-ring (bicyclic) bond motifs is 8. The van der Waals surface area contributed by atoms with E-state index < -0.39 is 0 Å². The molecule has 162 valence electrons. The molecule has 4 saturated carbocycles. The second kappa shape index (κ2) is 6.79.